The molecule has 1 aromatic carbocycles. The fraction of sp³-hybridized carbons (Fsp3) is 0.500. The van der Waals surface area contributed by atoms with Gasteiger partial charge in [0.1, 0.15) is 0 Å². The number of nitrogens with two attached hydrogens (primary N) is 1. The van der Waals surface area contributed by atoms with E-state index in [2.05, 4.69) is 36.4 Å². The van der Waals surface area contributed by atoms with Crippen LogP contribution in [0.1, 0.15) is 32.3 Å². The number of benzene rings is 1. The van der Waals surface area contributed by atoms with Gasteiger partial charge in [-0.2, -0.15) is 0 Å². The van der Waals surface area contributed by atoms with Crippen molar-refractivity contribution in [2.45, 2.75) is 38.8 Å². The van der Waals surface area contributed by atoms with Gasteiger partial charge in [-0.1, -0.05) is 54.6 Å². The molecule has 2 saturated heterocycles. The van der Waals surface area contributed by atoms with Gasteiger partial charge in [0.2, 0.25) is 0 Å². The number of hydrogen-bond acceptors (Lipinski definition) is 6. The van der Waals surface area contributed by atoms with E-state index in [4.69, 9.17) is 18.3 Å². The van der Waals surface area contributed by atoms with Crippen LogP contribution in [0.2, 0.25) is 0 Å². The van der Waals surface area contributed by atoms with E-state index >= 15 is 0 Å². The van der Waals surface area contributed by atoms with Crippen molar-refractivity contribution < 1.29 is 18.0 Å². The van der Waals surface area contributed by atoms with E-state index < -0.39 is 10.8 Å². The van der Waals surface area contributed by atoms with Gasteiger partial charge in [0.05, 0.1) is 26.0 Å². The standard InChI is InChI=1S/C20H21N3O2.C4H13NO2S/c1-13-10-15-12-23(20(24)22(15)11-13)19-18-16(14-6-3-2-4-7-14)8-5-9-17(18)25-21-19;1-4-8(5,6-2)7-3/h2-8,13,15,17H,9-12H2,1H3;4-5H2,1-3H3/t13-,15-,17?;/m0./s1. The van der Waals surface area contributed by atoms with E-state index in [9.17, 15) is 4.79 Å². The first kappa shape index (κ1) is 23.8. The fourth-order valence-electron chi connectivity index (χ4n) is 4.76. The SMILES string of the molecule is CCS(N)(OC)OC.C[C@H]1C[C@H]2CN(C3=NOC4CC=CC(c5ccccc5)=C34)C(=O)N2C1. The first-order valence-corrected chi connectivity index (χ1v) is 13.1. The number of carbonyl (C=O) groups is 1. The molecule has 0 bridgehead atoms. The zero-order valence-corrected chi connectivity index (χ0v) is 20.6. The summed E-state index contributed by atoms with van der Waals surface area (Å²) in [4.78, 5) is 22.4. The molecule has 1 aliphatic carbocycles. The molecule has 9 heteroatoms. The Bertz CT molecular complexity index is 952. The van der Waals surface area contributed by atoms with Gasteiger partial charge in [0, 0.05) is 25.1 Å². The number of urea groups is 1. The van der Waals surface area contributed by atoms with Gasteiger partial charge in [0.25, 0.3) is 0 Å². The van der Waals surface area contributed by atoms with Gasteiger partial charge in [0.15, 0.2) is 11.9 Å². The van der Waals surface area contributed by atoms with Gasteiger partial charge in [-0.05, 0) is 30.4 Å². The lowest BCUT2D eigenvalue weighted by atomic mass is 9.89. The second kappa shape index (κ2) is 9.89. The monoisotopic (exact) mass is 474 g/mol. The number of rotatable bonds is 4. The molecule has 2 N–H and O–H groups in total. The minimum atomic E-state index is -1.65. The predicted octanol–water partition coefficient (Wildman–Crippen LogP) is 4.07. The topological polar surface area (TPSA) is 89.6 Å². The lowest BCUT2D eigenvalue weighted by Crippen LogP contribution is -2.38. The Hall–Kier alpha value is -2.33. The van der Waals surface area contributed by atoms with E-state index in [1.165, 1.54) is 0 Å². The lowest BCUT2D eigenvalue weighted by Gasteiger charge is -2.34. The number of amides is 2. The maximum atomic E-state index is 12.9. The second-order valence-electron chi connectivity index (χ2n) is 8.67. The highest BCUT2D eigenvalue weighted by Gasteiger charge is 2.47. The van der Waals surface area contributed by atoms with Crippen molar-refractivity contribution in [2.24, 2.45) is 16.2 Å². The Labute approximate surface area is 197 Å². The summed E-state index contributed by atoms with van der Waals surface area (Å²) < 4.78 is 9.75. The molecule has 3 atom stereocenters. The average molecular weight is 475 g/mol. The Morgan fingerprint density at radius 3 is 2.55 bits per heavy atom. The number of fused-ring (bicyclic) bond motifs is 2. The van der Waals surface area contributed by atoms with Gasteiger partial charge >= 0.3 is 6.03 Å². The van der Waals surface area contributed by atoms with Crippen molar-refractivity contribution in [1.82, 2.24) is 9.80 Å². The molecule has 4 aliphatic rings. The summed E-state index contributed by atoms with van der Waals surface area (Å²) in [5.74, 6) is 2.03. The summed E-state index contributed by atoms with van der Waals surface area (Å²) in [6.07, 6.45) is 6.04. The van der Waals surface area contributed by atoms with Gasteiger partial charge in [-0.3, -0.25) is 13.3 Å². The quantitative estimate of drug-likeness (QED) is 0.711. The van der Waals surface area contributed by atoms with Crippen LogP contribution < -0.4 is 5.14 Å². The molecule has 5 rings (SSSR count). The highest BCUT2D eigenvalue weighted by Crippen LogP contribution is 2.39. The van der Waals surface area contributed by atoms with Crippen molar-refractivity contribution in [1.29, 1.82) is 0 Å². The van der Waals surface area contributed by atoms with Gasteiger partial charge < -0.3 is 9.74 Å². The van der Waals surface area contributed by atoms with Crippen molar-refractivity contribution in [2.75, 3.05) is 33.1 Å². The molecule has 33 heavy (non-hydrogen) atoms. The number of amidine groups is 1. The molecule has 2 amide bonds. The van der Waals surface area contributed by atoms with E-state index in [-0.39, 0.29) is 12.1 Å². The van der Waals surface area contributed by atoms with E-state index in [0.29, 0.717) is 24.3 Å². The van der Waals surface area contributed by atoms with Gasteiger partial charge in [-0.25, -0.2) is 9.93 Å². The van der Waals surface area contributed by atoms with Crippen molar-refractivity contribution in [3.63, 3.8) is 0 Å². The molecule has 1 unspecified atom stereocenters. The zero-order chi connectivity index (χ0) is 23.6. The molecule has 1 aromatic rings. The Kier molecular flexibility index (Phi) is 7.13. The van der Waals surface area contributed by atoms with E-state index in [0.717, 1.165) is 41.8 Å². The summed E-state index contributed by atoms with van der Waals surface area (Å²) in [6, 6.07) is 10.7. The van der Waals surface area contributed by atoms with Crippen molar-refractivity contribution in [3.8, 4) is 0 Å². The fourth-order valence-corrected chi connectivity index (χ4v) is 5.37. The van der Waals surface area contributed by atoms with E-state index in [1.54, 1.807) is 14.2 Å². The summed E-state index contributed by atoms with van der Waals surface area (Å²) >= 11 is 0. The molecule has 180 valence electrons. The van der Waals surface area contributed by atoms with Crippen molar-refractivity contribution in [3.05, 3.63) is 53.6 Å². The number of carbonyl (C=O) groups excluding carboxylic acids is 1. The number of oxime groups is 1. The Morgan fingerprint density at radius 1 is 1.21 bits per heavy atom. The van der Waals surface area contributed by atoms with E-state index in [1.807, 2.05) is 34.9 Å². The highest BCUT2D eigenvalue weighted by atomic mass is 32.3. The van der Waals surface area contributed by atoms with Gasteiger partial charge in [-0.15, -0.1) is 10.8 Å². The first-order valence-electron chi connectivity index (χ1n) is 11.4. The Morgan fingerprint density at radius 2 is 1.94 bits per heavy atom. The lowest BCUT2D eigenvalue weighted by molar-refractivity contribution is 0.105. The first-order chi connectivity index (χ1) is 15.9. The molecular weight excluding hydrogens is 440 g/mol. The molecule has 3 heterocycles. The third kappa shape index (κ3) is 4.68. The molecule has 0 saturated carbocycles. The van der Waals surface area contributed by atoms with Crippen LogP contribution >= 0.6 is 10.8 Å². The summed E-state index contributed by atoms with van der Waals surface area (Å²) in [7, 11) is 1.46. The molecule has 0 aromatic heterocycles. The smallest absolute Gasteiger partial charge is 0.326 e. The molecule has 3 aliphatic heterocycles. The number of allylic oxidation sites excluding steroid dienone is 2. The minimum Gasteiger partial charge on any atom is -0.385 e. The number of nitrogens with zero attached hydrogens (tertiary/aromatic N) is 3. The summed E-state index contributed by atoms with van der Waals surface area (Å²) in [5, 5.41) is 9.87. The number of hydrogen-bond donors (Lipinski definition) is 1. The minimum absolute atomic E-state index is 0.0758. The third-order valence-corrected chi connectivity index (χ3v) is 8.49. The largest absolute Gasteiger partial charge is 0.385 e. The molecule has 0 radical (unpaired) electrons. The van der Waals surface area contributed by atoms with Crippen LogP contribution in [0.3, 0.4) is 0 Å². The third-order valence-electron chi connectivity index (χ3n) is 6.55. The van der Waals surface area contributed by atoms with Crippen LogP contribution in [-0.4, -0.2) is 66.9 Å². The average Bonchev–Trinajstić information content (AvgIpc) is 3.53. The maximum absolute atomic E-state index is 12.9. The van der Waals surface area contributed by atoms with Crippen LogP contribution in [-0.2, 0) is 13.2 Å². The molecule has 0 spiro atoms. The van der Waals surface area contributed by atoms with Crippen LogP contribution in [0.15, 0.2) is 53.2 Å². The maximum Gasteiger partial charge on any atom is 0.326 e. The molecule has 8 nitrogen and oxygen atoms in total. The highest BCUT2D eigenvalue weighted by molar-refractivity contribution is 8.23. The van der Waals surface area contributed by atoms with Crippen LogP contribution in [0.25, 0.3) is 5.57 Å². The zero-order valence-electron chi connectivity index (χ0n) is 19.8. The van der Waals surface area contributed by atoms with Crippen LogP contribution in [0, 0.1) is 5.92 Å². The van der Waals surface area contributed by atoms with Crippen molar-refractivity contribution >= 4 is 28.2 Å². The summed E-state index contributed by atoms with van der Waals surface area (Å²) in [5.41, 5.74) is 3.30. The molecular formula is C24H34N4O4S. The molecule has 2 fully saturated rings. The van der Waals surface area contributed by atoms with Crippen LogP contribution in [0.5, 0.6) is 0 Å². The van der Waals surface area contributed by atoms with Crippen LogP contribution in [0.4, 0.5) is 4.79 Å². The summed E-state index contributed by atoms with van der Waals surface area (Å²) in [6.45, 7) is 5.71. The Balaban J connectivity index is 0.000000281. The second-order valence-corrected chi connectivity index (χ2v) is 11.2. The normalized spacial score (nSPS) is 26.5. The predicted molar refractivity (Wildman–Crippen MR) is 132 cm³/mol.